The molecule has 2 amide bonds. The minimum absolute atomic E-state index is 0.000614. The normalized spacial score (nSPS) is 15.6. The maximum Gasteiger partial charge on any atom is 0.416 e. The molecule has 0 radical (unpaired) electrons. The Hall–Kier alpha value is -3.41. The molecule has 12 heteroatoms. The average Bonchev–Trinajstić information content (AvgIpc) is 3.20. The largest absolute Gasteiger partial charge is 0.483 e. The lowest BCUT2D eigenvalue weighted by Gasteiger charge is -2.25. The summed E-state index contributed by atoms with van der Waals surface area (Å²) < 4.78 is 46.5. The minimum Gasteiger partial charge on any atom is -0.483 e. The second-order valence-electron chi connectivity index (χ2n) is 6.89. The molecule has 0 bridgehead atoms. The van der Waals surface area contributed by atoms with E-state index in [1.807, 2.05) is 0 Å². The Morgan fingerprint density at radius 2 is 2.09 bits per heavy atom. The number of fused-ring (bicyclic) bond motifs is 1. The highest BCUT2D eigenvalue weighted by Gasteiger charge is 2.31. The van der Waals surface area contributed by atoms with Gasteiger partial charge in [-0.05, 0) is 36.4 Å². The standard InChI is InChI=1S/C20H15BrF3N5O3/c21-12-4-5-16(14(7-12)15-8-17(30)28-19-25-10-26-29(15)19)32-9-18(31)27-13-3-1-2-11(6-13)20(22,23)24/h1-7,10,15H,8-9H2,(H,27,31)(H,25,26,28,30)/t15-/m0/s1. The Kier molecular flexibility index (Phi) is 5.87. The highest BCUT2D eigenvalue weighted by Crippen LogP contribution is 2.36. The van der Waals surface area contributed by atoms with E-state index in [4.69, 9.17) is 4.74 Å². The van der Waals surface area contributed by atoms with E-state index in [1.54, 1.807) is 22.9 Å². The monoisotopic (exact) mass is 509 g/mol. The number of halogens is 4. The van der Waals surface area contributed by atoms with Crippen molar-refractivity contribution < 1.29 is 27.5 Å². The van der Waals surface area contributed by atoms with Crippen LogP contribution in [-0.4, -0.2) is 33.2 Å². The molecule has 166 valence electrons. The molecule has 8 nitrogen and oxygen atoms in total. The maximum absolute atomic E-state index is 12.9. The van der Waals surface area contributed by atoms with E-state index in [1.165, 1.54) is 18.5 Å². The topological polar surface area (TPSA) is 98.1 Å². The third-order valence-corrected chi connectivity index (χ3v) is 5.15. The van der Waals surface area contributed by atoms with Gasteiger partial charge in [-0.2, -0.15) is 23.3 Å². The number of anilines is 2. The number of benzene rings is 2. The first-order chi connectivity index (χ1) is 15.2. The van der Waals surface area contributed by atoms with Crippen LogP contribution in [0.5, 0.6) is 5.75 Å². The lowest BCUT2D eigenvalue weighted by atomic mass is 10.0. The van der Waals surface area contributed by atoms with Crippen LogP contribution in [0, 0.1) is 0 Å². The maximum atomic E-state index is 12.9. The van der Waals surface area contributed by atoms with E-state index in [0.29, 0.717) is 17.3 Å². The number of nitrogens with zero attached hydrogens (tertiary/aromatic N) is 3. The second kappa shape index (κ2) is 8.61. The number of hydrogen-bond acceptors (Lipinski definition) is 5. The summed E-state index contributed by atoms with van der Waals surface area (Å²) in [6, 6.07) is 8.87. The van der Waals surface area contributed by atoms with Gasteiger partial charge in [-0.1, -0.05) is 22.0 Å². The fourth-order valence-corrected chi connectivity index (χ4v) is 3.65. The zero-order valence-electron chi connectivity index (χ0n) is 16.2. The van der Waals surface area contributed by atoms with Crippen molar-refractivity contribution in [1.29, 1.82) is 0 Å². The molecule has 32 heavy (non-hydrogen) atoms. The fourth-order valence-electron chi connectivity index (χ4n) is 3.27. The number of nitrogens with one attached hydrogen (secondary N) is 2. The van der Waals surface area contributed by atoms with Crippen LogP contribution in [0.1, 0.15) is 23.6 Å². The molecule has 2 aromatic carbocycles. The van der Waals surface area contributed by atoms with Crippen molar-refractivity contribution in [2.24, 2.45) is 0 Å². The highest BCUT2D eigenvalue weighted by atomic mass is 79.9. The van der Waals surface area contributed by atoms with Crippen LogP contribution >= 0.6 is 15.9 Å². The van der Waals surface area contributed by atoms with Crippen LogP contribution in [0.4, 0.5) is 24.8 Å². The number of hydrogen-bond donors (Lipinski definition) is 2. The van der Waals surface area contributed by atoms with E-state index in [0.717, 1.165) is 16.6 Å². The van der Waals surface area contributed by atoms with Gasteiger partial charge < -0.3 is 10.1 Å². The van der Waals surface area contributed by atoms with Gasteiger partial charge in [0, 0.05) is 15.7 Å². The van der Waals surface area contributed by atoms with Crippen LogP contribution in [-0.2, 0) is 15.8 Å². The molecule has 1 aliphatic rings. The zero-order valence-corrected chi connectivity index (χ0v) is 17.8. The Morgan fingerprint density at radius 3 is 2.88 bits per heavy atom. The van der Waals surface area contributed by atoms with E-state index in [9.17, 15) is 22.8 Å². The summed E-state index contributed by atoms with van der Waals surface area (Å²) in [5, 5.41) is 9.16. The number of amides is 2. The molecule has 0 saturated carbocycles. The molecule has 0 aliphatic carbocycles. The van der Waals surface area contributed by atoms with Gasteiger partial charge in [-0.15, -0.1) is 0 Å². The molecule has 0 spiro atoms. The van der Waals surface area contributed by atoms with Crippen LogP contribution in [0.2, 0.25) is 0 Å². The molecule has 1 atom stereocenters. The number of carbonyl (C=O) groups is 2. The second-order valence-corrected chi connectivity index (χ2v) is 7.81. The quantitative estimate of drug-likeness (QED) is 0.541. The molecule has 1 aliphatic heterocycles. The summed E-state index contributed by atoms with van der Waals surface area (Å²) in [4.78, 5) is 28.4. The Balaban J connectivity index is 1.51. The summed E-state index contributed by atoms with van der Waals surface area (Å²) in [5.74, 6) is -0.266. The first kappa shape index (κ1) is 21.8. The molecule has 0 saturated heterocycles. The number of alkyl halides is 3. The summed E-state index contributed by atoms with van der Waals surface area (Å²) in [6.45, 7) is -0.450. The van der Waals surface area contributed by atoms with Gasteiger partial charge in [0.05, 0.1) is 18.0 Å². The molecular formula is C20H15BrF3N5O3. The smallest absolute Gasteiger partial charge is 0.416 e. The van der Waals surface area contributed by atoms with Crippen molar-refractivity contribution >= 4 is 39.4 Å². The van der Waals surface area contributed by atoms with Crippen molar-refractivity contribution in [3.05, 3.63) is 64.4 Å². The number of carbonyl (C=O) groups excluding carboxylic acids is 2. The van der Waals surface area contributed by atoms with Crippen LogP contribution in [0.3, 0.4) is 0 Å². The van der Waals surface area contributed by atoms with E-state index < -0.39 is 30.3 Å². The summed E-state index contributed by atoms with van der Waals surface area (Å²) >= 11 is 3.38. The molecule has 1 aromatic heterocycles. The number of aromatic nitrogens is 3. The number of ether oxygens (including phenoxy) is 1. The summed E-state index contributed by atoms with van der Waals surface area (Å²) in [5.41, 5.74) is -0.279. The van der Waals surface area contributed by atoms with Crippen molar-refractivity contribution in [2.45, 2.75) is 18.6 Å². The first-order valence-corrected chi connectivity index (χ1v) is 10.1. The van der Waals surface area contributed by atoms with Crippen molar-refractivity contribution in [2.75, 3.05) is 17.2 Å². The van der Waals surface area contributed by atoms with Crippen molar-refractivity contribution in [3.8, 4) is 5.75 Å². The van der Waals surface area contributed by atoms with Gasteiger partial charge in [-0.25, -0.2) is 4.68 Å². The van der Waals surface area contributed by atoms with Crippen molar-refractivity contribution in [1.82, 2.24) is 14.8 Å². The van der Waals surface area contributed by atoms with Gasteiger partial charge in [0.1, 0.15) is 12.1 Å². The lowest BCUT2D eigenvalue weighted by Crippen LogP contribution is -2.30. The molecule has 2 heterocycles. The van der Waals surface area contributed by atoms with Crippen molar-refractivity contribution in [3.63, 3.8) is 0 Å². The lowest BCUT2D eigenvalue weighted by molar-refractivity contribution is -0.137. The molecule has 2 N–H and O–H groups in total. The minimum atomic E-state index is -4.52. The Labute approximate surface area is 187 Å². The van der Waals surface area contributed by atoms with E-state index in [-0.39, 0.29) is 18.0 Å². The van der Waals surface area contributed by atoms with E-state index >= 15 is 0 Å². The fraction of sp³-hybridized carbons (Fsp3) is 0.200. The average molecular weight is 510 g/mol. The van der Waals surface area contributed by atoms with Gasteiger partial charge >= 0.3 is 6.18 Å². The predicted octanol–water partition coefficient (Wildman–Crippen LogP) is 4.01. The third-order valence-electron chi connectivity index (χ3n) is 4.66. The van der Waals surface area contributed by atoms with Gasteiger partial charge in [0.25, 0.3) is 5.91 Å². The summed E-state index contributed by atoms with van der Waals surface area (Å²) in [7, 11) is 0. The van der Waals surface area contributed by atoms with Gasteiger partial charge in [0.15, 0.2) is 6.61 Å². The zero-order chi connectivity index (χ0) is 22.9. The molecule has 0 fully saturated rings. The van der Waals surface area contributed by atoms with Crippen LogP contribution in [0.25, 0.3) is 0 Å². The van der Waals surface area contributed by atoms with Crippen LogP contribution in [0.15, 0.2) is 53.3 Å². The molecule has 3 aromatic rings. The van der Waals surface area contributed by atoms with Gasteiger partial charge in [0.2, 0.25) is 11.9 Å². The van der Waals surface area contributed by atoms with E-state index in [2.05, 4.69) is 36.6 Å². The van der Waals surface area contributed by atoms with Gasteiger partial charge in [-0.3, -0.25) is 14.9 Å². The molecule has 4 rings (SSSR count). The van der Waals surface area contributed by atoms with Crippen LogP contribution < -0.4 is 15.4 Å². The Morgan fingerprint density at radius 1 is 1.28 bits per heavy atom. The summed E-state index contributed by atoms with van der Waals surface area (Å²) in [6.07, 6.45) is -3.12. The SMILES string of the molecule is O=C(COc1ccc(Br)cc1[C@@H]1CC(=O)Nc2ncnn21)Nc1cccc(C(F)(F)F)c1. The Bertz CT molecular complexity index is 1180. The molecule has 0 unspecified atom stereocenters. The predicted molar refractivity (Wildman–Crippen MR) is 111 cm³/mol. The number of rotatable bonds is 5. The highest BCUT2D eigenvalue weighted by molar-refractivity contribution is 9.10. The third kappa shape index (κ3) is 4.74. The molecular weight excluding hydrogens is 495 g/mol. The first-order valence-electron chi connectivity index (χ1n) is 9.29.